The summed E-state index contributed by atoms with van der Waals surface area (Å²) >= 11 is 0. The van der Waals surface area contributed by atoms with E-state index in [4.69, 9.17) is 5.53 Å². The van der Waals surface area contributed by atoms with E-state index >= 15 is 0 Å². The summed E-state index contributed by atoms with van der Waals surface area (Å²) in [6, 6.07) is 0. The van der Waals surface area contributed by atoms with Crippen LogP contribution in [0.15, 0.2) is 5.11 Å². The maximum Gasteiger partial charge on any atom is 0.510 e. The van der Waals surface area contributed by atoms with Gasteiger partial charge in [-0.05, 0) is 37.4 Å². The van der Waals surface area contributed by atoms with Crippen LogP contribution in [0.4, 0.5) is 18.6 Å². The molecule has 1 aliphatic rings. The molecule has 0 spiro atoms. The van der Waals surface area contributed by atoms with E-state index in [0.29, 0.717) is 17.7 Å². The van der Waals surface area contributed by atoms with Crippen LogP contribution in [-0.4, -0.2) is 38.1 Å². The number of hydrogen-bond donors (Lipinski definition) is 1. The zero-order valence-corrected chi connectivity index (χ0v) is 13.5. The number of rotatable bonds is 4. The molecule has 5 nitrogen and oxygen atoms in total. The van der Waals surface area contributed by atoms with Crippen LogP contribution in [0.25, 0.3) is 10.4 Å². The van der Waals surface area contributed by atoms with Crippen molar-refractivity contribution in [2.45, 2.75) is 27.3 Å². The van der Waals surface area contributed by atoms with Gasteiger partial charge in [0.25, 0.3) is 0 Å². The van der Waals surface area contributed by atoms with Gasteiger partial charge >= 0.3 is 6.98 Å². The SMILES string of the molecule is Cc1c(CN2CCNCC2)c(C)c([B-](F)(F)F)c(C)c1N=[N+]=[N-]. The summed E-state index contributed by atoms with van der Waals surface area (Å²) < 4.78 is 40.6. The van der Waals surface area contributed by atoms with Gasteiger partial charge in [-0.15, -0.1) is 5.46 Å². The van der Waals surface area contributed by atoms with Crippen LogP contribution in [0.3, 0.4) is 0 Å². The van der Waals surface area contributed by atoms with Crippen molar-refractivity contribution in [2.75, 3.05) is 26.2 Å². The Hall–Kier alpha value is -1.70. The summed E-state index contributed by atoms with van der Waals surface area (Å²) in [6.07, 6.45) is 0. The lowest BCUT2D eigenvalue weighted by Gasteiger charge is -2.31. The second kappa shape index (κ2) is 6.82. The zero-order valence-electron chi connectivity index (χ0n) is 13.5. The van der Waals surface area contributed by atoms with Gasteiger partial charge in [-0.25, -0.2) is 0 Å². The highest BCUT2D eigenvalue weighted by Crippen LogP contribution is 2.32. The van der Waals surface area contributed by atoms with E-state index in [0.717, 1.165) is 26.2 Å². The monoisotopic (exact) mass is 326 g/mol. The Morgan fingerprint density at radius 3 is 2.26 bits per heavy atom. The van der Waals surface area contributed by atoms with Gasteiger partial charge in [0.2, 0.25) is 0 Å². The van der Waals surface area contributed by atoms with E-state index in [1.165, 1.54) is 13.8 Å². The van der Waals surface area contributed by atoms with Crippen molar-refractivity contribution >= 4 is 18.1 Å². The number of nitrogens with zero attached hydrogens (tertiary/aromatic N) is 4. The van der Waals surface area contributed by atoms with Crippen molar-refractivity contribution in [1.29, 1.82) is 0 Å². The van der Waals surface area contributed by atoms with Gasteiger partial charge in [0, 0.05) is 43.3 Å². The lowest BCUT2D eigenvalue weighted by molar-refractivity contribution is 0.232. The lowest BCUT2D eigenvalue weighted by atomic mass is 9.71. The summed E-state index contributed by atoms with van der Waals surface area (Å²) in [6.45, 7) is 3.12. The number of benzene rings is 1. The van der Waals surface area contributed by atoms with Gasteiger partial charge in [0.1, 0.15) is 0 Å². The van der Waals surface area contributed by atoms with Gasteiger partial charge in [-0.1, -0.05) is 16.2 Å². The maximum atomic E-state index is 13.5. The number of halogens is 3. The second-order valence-electron chi connectivity index (χ2n) is 5.91. The number of piperazine rings is 1. The van der Waals surface area contributed by atoms with E-state index in [9.17, 15) is 12.9 Å². The molecule has 0 amide bonds. The average Bonchev–Trinajstić information content (AvgIpc) is 2.48. The molecule has 1 saturated heterocycles. The molecule has 1 fully saturated rings. The predicted molar refractivity (Wildman–Crippen MR) is 86.3 cm³/mol. The third kappa shape index (κ3) is 3.63. The minimum absolute atomic E-state index is 0.0226. The fourth-order valence-electron chi connectivity index (χ4n) is 3.29. The van der Waals surface area contributed by atoms with Crippen LogP contribution in [0.2, 0.25) is 0 Å². The Morgan fingerprint density at radius 1 is 1.13 bits per heavy atom. The molecule has 0 aromatic heterocycles. The highest BCUT2D eigenvalue weighted by Gasteiger charge is 2.32. The van der Waals surface area contributed by atoms with Crippen molar-refractivity contribution < 1.29 is 12.9 Å². The van der Waals surface area contributed by atoms with Crippen molar-refractivity contribution in [2.24, 2.45) is 5.11 Å². The first-order valence-corrected chi connectivity index (χ1v) is 7.58. The van der Waals surface area contributed by atoms with Gasteiger partial charge in [0.15, 0.2) is 0 Å². The first-order chi connectivity index (χ1) is 10.8. The van der Waals surface area contributed by atoms with Gasteiger partial charge in [-0.3, -0.25) is 4.90 Å². The Labute approximate surface area is 133 Å². The fourth-order valence-corrected chi connectivity index (χ4v) is 3.29. The van der Waals surface area contributed by atoms with Crippen LogP contribution >= 0.6 is 0 Å². The topological polar surface area (TPSA) is 64.0 Å². The molecular formula is C14H20BF3N5-. The fraction of sp³-hybridized carbons (Fsp3) is 0.571. The molecule has 1 aliphatic heterocycles. The van der Waals surface area contributed by atoms with E-state index < -0.39 is 12.4 Å². The largest absolute Gasteiger partial charge is 0.510 e. The Kier molecular flexibility index (Phi) is 5.24. The number of nitrogens with one attached hydrogen (secondary N) is 1. The number of azide groups is 1. The summed E-state index contributed by atoms with van der Waals surface area (Å²) in [5, 5.41) is 6.76. The maximum absolute atomic E-state index is 13.5. The summed E-state index contributed by atoms with van der Waals surface area (Å²) in [7, 11) is 0. The summed E-state index contributed by atoms with van der Waals surface area (Å²) in [5.41, 5.74) is 9.73. The van der Waals surface area contributed by atoms with Crippen LogP contribution in [0, 0.1) is 20.8 Å². The second-order valence-corrected chi connectivity index (χ2v) is 5.91. The minimum Gasteiger partial charge on any atom is -0.445 e. The third-order valence-electron chi connectivity index (χ3n) is 4.49. The van der Waals surface area contributed by atoms with E-state index in [1.54, 1.807) is 6.92 Å². The van der Waals surface area contributed by atoms with Crippen molar-refractivity contribution in [1.82, 2.24) is 10.2 Å². The molecule has 23 heavy (non-hydrogen) atoms. The molecule has 126 valence electrons. The quantitative estimate of drug-likeness (QED) is 0.400. The molecule has 0 atom stereocenters. The van der Waals surface area contributed by atoms with Gasteiger partial charge in [-0.2, -0.15) is 0 Å². The van der Waals surface area contributed by atoms with Gasteiger partial charge < -0.3 is 18.3 Å². The van der Waals surface area contributed by atoms with E-state index in [-0.39, 0.29) is 16.8 Å². The lowest BCUT2D eigenvalue weighted by Crippen LogP contribution is -2.44. The molecule has 0 radical (unpaired) electrons. The highest BCUT2D eigenvalue weighted by atomic mass is 19.4. The third-order valence-corrected chi connectivity index (χ3v) is 4.49. The highest BCUT2D eigenvalue weighted by molar-refractivity contribution is 6.74. The Bertz CT molecular complexity index is 647. The molecular weight excluding hydrogens is 306 g/mol. The van der Waals surface area contributed by atoms with Crippen molar-refractivity contribution in [3.8, 4) is 0 Å². The smallest absolute Gasteiger partial charge is 0.445 e. The van der Waals surface area contributed by atoms with Crippen LogP contribution < -0.4 is 10.8 Å². The molecule has 2 rings (SSSR count). The van der Waals surface area contributed by atoms with E-state index in [1.807, 2.05) is 0 Å². The molecule has 0 unspecified atom stereocenters. The van der Waals surface area contributed by atoms with Crippen molar-refractivity contribution in [3.05, 3.63) is 32.7 Å². The minimum atomic E-state index is -5.17. The molecule has 9 heteroatoms. The first kappa shape index (κ1) is 17.7. The molecule has 0 aliphatic carbocycles. The Morgan fingerprint density at radius 2 is 1.74 bits per heavy atom. The molecule has 1 aromatic rings. The molecule has 1 aromatic carbocycles. The van der Waals surface area contributed by atoms with Crippen LogP contribution in [-0.2, 0) is 6.54 Å². The van der Waals surface area contributed by atoms with E-state index in [2.05, 4.69) is 20.2 Å². The Balaban J connectivity index is 2.59. The standard InChI is InChI=1S/C14H20BF3N5/c1-9-12(8-23-6-4-20-5-7-23)10(2)14(21-22-19)11(3)13(9)15(16,17)18/h20H,4-8H2,1-3H3/q-1. The molecule has 1 heterocycles. The molecule has 0 saturated carbocycles. The first-order valence-electron chi connectivity index (χ1n) is 7.58. The summed E-state index contributed by atoms with van der Waals surface area (Å²) in [4.78, 5) is 4.83. The van der Waals surface area contributed by atoms with Crippen LogP contribution in [0.5, 0.6) is 0 Å². The normalized spacial score (nSPS) is 16.3. The zero-order chi connectivity index (χ0) is 17.2. The van der Waals surface area contributed by atoms with Gasteiger partial charge in [0.05, 0.1) is 0 Å². The summed E-state index contributed by atoms with van der Waals surface area (Å²) in [5.74, 6) is 0. The van der Waals surface area contributed by atoms with Crippen molar-refractivity contribution in [3.63, 3.8) is 0 Å². The number of hydrogen-bond acceptors (Lipinski definition) is 3. The predicted octanol–water partition coefficient (Wildman–Crippen LogP) is 3.01. The average molecular weight is 326 g/mol. The van der Waals surface area contributed by atoms with Crippen LogP contribution in [0.1, 0.15) is 22.3 Å². The molecule has 0 bridgehead atoms. The molecule has 1 N–H and O–H groups in total.